The highest BCUT2D eigenvalue weighted by molar-refractivity contribution is 6.04. The van der Waals surface area contributed by atoms with Crippen molar-refractivity contribution in [1.29, 1.82) is 0 Å². The van der Waals surface area contributed by atoms with E-state index in [0.717, 1.165) is 25.3 Å². The molecule has 1 amide bonds. The summed E-state index contributed by atoms with van der Waals surface area (Å²) >= 11 is 0. The Labute approximate surface area is 236 Å². The lowest BCUT2D eigenvalue weighted by Gasteiger charge is -2.22. The molecule has 9 heteroatoms. The number of carbonyl (C=O) groups excluding carboxylic acids is 1. The predicted molar refractivity (Wildman–Crippen MR) is 154 cm³/mol. The zero-order valence-electron chi connectivity index (χ0n) is 24.2. The SMILES string of the molecule is CCCCCCN1CCCN(Cc2ccc(C(=O)Nc3ccc(C(C)(C)C)cc3)cc2)CC1.O=C(O)C(F)(F)F. The highest BCUT2D eigenvalue weighted by Crippen LogP contribution is 2.24. The predicted octanol–water partition coefficient (Wildman–Crippen LogP) is 6.96. The quantitative estimate of drug-likeness (QED) is 0.323. The summed E-state index contributed by atoms with van der Waals surface area (Å²) in [6.07, 6.45) is 1.51. The van der Waals surface area contributed by atoms with Gasteiger partial charge in [0.1, 0.15) is 0 Å². The molecule has 0 aliphatic carbocycles. The number of unbranched alkanes of at least 4 members (excludes halogenated alkanes) is 3. The lowest BCUT2D eigenvalue weighted by atomic mass is 9.87. The summed E-state index contributed by atoms with van der Waals surface area (Å²) in [4.78, 5) is 26.8. The summed E-state index contributed by atoms with van der Waals surface area (Å²) in [5.74, 6) is -2.81. The van der Waals surface area contributed by atoms with Crippen molar-refractivity contribution in [2.24, 2.45) is 0 Å². The maximum absolute atomic E-state index is 12.7. The Morgan fingerprint density at radius 3 is 1.98 bits per heavy atom. The van der Waals surface area contributed by atoms with E-state index in [1.807, 2.05) is 24.3 Å². The number of halogens is 3. The zero-order valence-corrected chi connectivity index (χ0v) is 24.2. The van der Waals surface area contributed by atoms with Crippen molar-refractivity contribution < 1.29 is 27.9 Å². The molecule has 40 heavy (non-hydrogen) atoms. The first-order valence-electron chi connectivity index (χ1n) is 14.0. The number of nitrogens with one attached hydrogen (secondary N) is 1. The number of alkyl halides is 3. The van der Waals surface area contributed by atoms with E-state index >= 15 is 0 Å². The van der Waals surface area contributed by atoms with E-state index in [0.29, 0.717) is 5.56 Å². The fourth-order valence-corrected chi connectivity index (χ4v) is 4.44. The second kappa shape index (κ2) is 15.8. The summed E-state index contributed by atoms with van der Waals surface area (Å²) in [6.45, 7) is 15.7. The smallest absolute Gasteiger partial charge is 0.475 e. The van der Waals surface area contributed by atoms with Crippen LogP contribution >= 0.6 is 0 Å². The summed E-state index contributed by atoms with van der Waals surface area (Å²) in [7, 11) is 0. The molecule has 1 aliphatic heterocycles. The number of carbonyl (C=O) groups is 2. The van der Waals surface area contributed by atoms with Crippen LogP contribution in [0.15, 0.2) is 48.5 Å². The summed E-state index contributed by atoms with van der Waals surface area (Å²) < 4.78 is 31.7. The second-order valence-electron chi connectivity index (χ2n) is 11.3. The first-order chi connectivity index (χ1) is 18.8. The molecule has 2 aromatic rings. The number of amides is 1. The molecule has 0 radical (unpaired) electrons. The van der Waals surface area contributed by atoms with E-state index in [1.54, 1.807) is 0 Å². The van der Waals surface area contributed by atoms with Crippen molar-refractivity contribution in [3.8, 4) is 0 Å². The van der Waals surface area contributed by atoms with Crippen molar-refractivity contribution in [2.45, 2.75) is 77.9 Å². The van der Waals surface area contributed by atoms with E-state index in [4.69, 9.17) is 9.90 Å². The molecular weight excluding hydrogens is 519 g/mol. The molecule has 0 unspecified atom stereocenters. The topological polar surface area (TPSA) is 72.9 Å². The van der Waals surface area contributed by atoms with Crippen LogP contribution in [-0.2, 0) is 16.8 Å². The van der Waals surface area contributed by atoms with Gasteiger partial charge in [0.2, 0.25) is 0 Å². The monoisotopic (exact) mass is 563 g/mol. The average molecular weight is 564 g/mol. The number of carboxylic acids is 1. The maximum Gasteiger partial charge on any atom is 0.490 e. The Morgan fingerprint density at radius 2 is 1.43 bits per heavy atom. The van der Waals surface area contributed by atoms with E-state index < -0.39 is 12.1 Å². The van der Waals surface area contributed by atoms with E-state index in [9.17, 15) is 18.0 Å². The summed E-state index contributed by atoms with van der Waals surface area (Å²) in [5, 5.41) is 10.1. The number of carboxylic acid groups (broad SMARTS) is 1. The molecule has 0 aromatic heterocycles. The Balaban J connectivity index is 0.000000708. The second-order valence-corrected chi connectivity index (χ2v) is 11.3. The van der Waals surface area contributed by atoms with Gasteiger partial charge in [-0.15, -0.1) is 0 Å². The van der Waals surface area contributed by atoms with Gasteiger partial charge < -0.3 is 15.3 Å². The van der Waals surface area contributed by atoms with E-state index in [2.05, 4.69) is 67.1 Å². The lowest BCUT2D eigenvalue weighted by molar-refractivity contribution is -0.192. The van der Waals surface area contributed by atoms with Crippen LogP contribution in [0.5, 0.6) is 0 Å². The minimum atomic E-state index is -5.08. The Morgan fingerprint density at radius 1 is 0.850 bits per heavy atom. The normalized spacial score (nSPS) is 15.1. The number of benzene rings is 2. The first kappa shape index (κ1) is 33.3. The lowest BCUT2D eigenvalue weighted by Crippen LogP contribution is -2.31. The van der Waals surface area contributed by atoms with Crippen LogP contribution in [0.25, 0.3) is 0 Å². The molecule has 6 nitrogen and oxygen atoms in total. The third-order valence-corrected chi connectivity index (χ3v) is 6.88. The maximum atomic E-state index is 12.7. The van der Waals surface area contributed by atoms with E-state index in [-0.39, 0.29) is 11.3 Å². The number of rotatable bonds is 9. The van der Waals surface area contributed by atoms with Crippen LogP contribution in [0, 0.1) is 0 Å². The van der Waals surface area contributed by atoms with Gasteiger partial charge in [0.25, 0.3) is 5.91 Å². The Bertz CT molecular complexity index is 1050. The Kier molecular flexibility index (Phi) is 13.1. The minimum absolute atomic E-state index is 0.0569. The molecule has 3 rings (SSSR count). The molecule has 1 fully saturated rings. The number of anilines is 1. The molecule has 1 aliphatic rings. The molecule has 1 heterocycles. The van der Waals surface area contributed by atoms with Gasteiger partial charge in [-0.25, -0.2) is 4.79 Å². The zero-order chi connectivity index (χ0) is 29.8. The van der Waals surface area contributed by atoms with E-state index in [1.165, 1.54) is 62.9 Å². The van der Waals surface area contributed by atoms with Gasteiger partial charge in [0.05, 0.1) is 0 Å². The van der Waals surface area contributed by atoms with Gasteiger partial charge in [-0.05, 0) is 73.3 Å². The van der Waals surface area contributed by atoms with Gasteiger partial charge >= 0.3 is 12.1 Å². The average Bonchev–Trinajstić information content (AvgIpc) is 3.11. The number of aliphatic carboxylic acids is 1. The fourth-order valence-electron chi connectivity index (χ4n) is 4.44. The highest BCUT2D eigenvalue weighted by atomic mass is 19.4. The van der Waals surface area contributed by atoms with Crippen LogP contribution < -0.4 is 5.32 Å². The van der Waals surface area contributed by atoms with Crippen molar-refractivity contribution in [3.63, 3.8) is 0 Å². The van der Waals surface area contributed by atoms with Crippen LogP contribution in [0.3, 0.4) is 0 Å². The first-order valence-corrected chi connectivity index (χ1v) is 14.0. The molecule has 2 N–H and O–H groups in total. The molecule has 222 valence electrons. The minimum Gasteiger partial charge on any atom is -0.475 e. The van der Waals surface area contributed by atoms with Crippen LogP contribution in [0.4, 0.5) is 18.9 Å². The van der Waals surface area contributed by atoms with Crippen LogP contribution in [0.2, 0.25) is 0 Å². The third-order valence-electron chi connectivity index (χ3n) is 6.88. The molecule has 1 saturated heterocycles. The van der Waals surface area contributed by atoms with Gasteiger partial charge in [0, 0.05) is 30.9 Å². The standard InChI is InChI=1S/C29H43N3O.C2HF3O2/c1-5-6-7-8-18-31-19-9-20-32(22-21-31)23-24-10-12-25(13-11-24)28(33)30-27-16-14-26(15-17-27)29(2,3)4;3-2(4,5)1(6)7/h10-17H,5-9,18-23H2,1-4H3,(H,30,33);(H,6,7). The van der Waals surface area contributed by atoms with Crippen molar-refractivity contribution >= 4 is 17.6 Å². The number of hydrogen-bond acceptors (Lipinski definition) is 4. The molecule has 0 atom stereocenters. The van der Waals surface area contributed by atoms with Gasteiger partial charge in [-0.3, -0.25) is 9.69 Å². The van der Waals surface area contributed by atoms with Crippen LogP contribution in [0.1, 0.15) is 81.3 Å². The number of nitrogens with zero attached hydrogens (tertiary/aromatic N) is 2. The Hall–Kier alpha value is -2.91. The molecular formula is C31H44F3N3O3. The fraction of sp³-hybridized carbons (Fsp3) is 0.548. The molecule has 0 bridgehead atoms. The molecule has 2 aromatic carbocycles. The third kappa shape index (κ3) is 12.1. The summed E-state index contributed by atoms with van der Waals surface area (Å²) in [6, 6.07) is 16.3. The highest BCUT2D eigenvalue weighted by Gasteiger charge is 2.38. The van der Waals surface area contributed by atoms with Crippen molar-refractivity contribution in [1.82, 2.24) is 9.80 Å². The van der Waals surface area contributed by atoms with Gasteiger partial charge in [-0.1, -0.05) is 71.2 Å². The van der Waals surface area contributed by atoms with Crippen LogP contribution in [-0.4, -0.2) is 65.7 Å². The summed E-state index contributed by atoms with van der Waals surface area (Å²) in [5.41, 5.74) is 4.18. The molecule has 0 saturated carbocycles. The van der Waals surface area contributed by atoms with Crippen molar-refractivity contribution in [2.75, 3.05) is 38.0 Å². The largest absolute Gasteiger partial charge is 0.490 e. The van der Waals surface area contributed by atoms with Gasteiger partial charge in [0.15, 0.2) is 0 Å². The van der Waals surface area contributed by atoms with Crippen molar-refractivity contribution in [3.05, 3.63) is 65.2 Å². The number of hydrogen-bond donors (Lipinski definition) is 2. The van der Waals surface area contributed by atoms with Gasteiger partial charge in [-0.2, -0.15) is 13.2 Å². The molecule has 0 spiro atoms.